The molecule has 7 nitrogen and oxygen atoms in total. The molecule has 0 saturated carbocycles. The number of aryl methyl sites for hydroxylation is 2. The standard InChI is InChI=1S/C31H39N3O4S/c1-7-32-31(36)25(6)33(20-26-10-8-9-24(5)19-26)30(35)21-34(28-15-13-27(14-16-28)22(2)3)39(37,38)29-17-11-23(4)12-18-29/h8-19,22,25H,7,20-21H2,1-6H3,(H,32,36). The van der Waals surface area contributed by atoms with E-state index in [1.807, 2.05) is 57.2 Å². The minimum Gasteiger partial charge on any atom is -0.355 e. The van der Waals surface area contributed by atoms with Crippen molar-refractivity contribution in [3.8, 4) is 0 Å². The van der Waals surface area contributed by atoms with Gasteiger partial charge in [-0.25, -0.2) is 8.42 Å². The Bertz CT molecular complexity index is 1380. The van der Waals surface area contributed by atoms with Crippen LogP contribution in [0.15, 0.2) is 77.7 Å². The molecule has 0 aliphatic heterocycles. The molecule has 1 unspecified atom stereocenters. The number of hydrogen-bond donors (Lipinski definition) is 1. The number of likely N-dealkylation sites (N-methyl/N-ethyl adjacent to an activating group) is 1. The van der Waals surface area contributed by atoms with Gasteiger partial charge in [0.15, 0.2) is 0 Å². The number of anilines is 1. The van der Waals surface area contributed by atoms with E-state index < -0.39 is 28.5 Å². The van der Waals surface area contributed by atoms with Crippen LogP contribution in [0.25, 0.3) is 0 Å². The van der Waals surface area contributed by atoms with Gasteiger partial charge in [-0.2, -0.15) is 0 Å². The number of hydrogen-bond acceptors (Lipinski definition) is 4. The van der Waals surface area contributed by atoms with E-state index in [2.05, 4.69) is 19.2 Å². The highest BCUT2D eigenvalue weighted by Gasteiger charge is 2.32. The molecule has 0 aliphatic carbocycles. The average Bonchev–Trinajstić information content (AvgIpc) is 2.90. The van der Waals surface area contributed by atoms with Gasteiger partial charge in [0.05, 0.1) is 10.6 Å². The monoisotopic (exact) mass is 549 g/mol. The van der Waals surface area contributed by atoms with Crippen molar-refractivity contribution in [1.29, 1.82) is 0 Å². The number of sulfonamides is 1. The molecule has 1 atom stereocenters. The predicted molar refractivity (Wildman–Crippen MR) is 156 cm³/mol. The second-order valence-electron chi connectivity index (χ2n) is 10.2. The summed E-state index contributed by atoms with van der Waals surface area (Å²) in [6.07, 6.45) is 0. The number of nitrogens with zero attached hydrogens (tertiary/aromatic N) is 2. The zero-order valence-electron chi connectivity index (χ0n) is 23.6. The molecule has 39 heavy (non-hydrogen) atoms. The van der Waals surface area contributed by atoms with Crippen molar-refractivity contribution in [3.63, 3.8) is 0 Å². The third-order valence-electron chi connectivity index (χ3n) is 6.69. The lowest BCUT2D eigenvalue weighted by Gasteiger charge is -2.32. The van der Waals surface area contributed by atoms with Crippen LogP contribution in [0, 0.1) is 13.8 Å². The fraction of sp³-hybridized carbons (Fsp3) is 0.355. The molecule has 8 heteroatoms. The Morgan fingerprint density at radius 1 is 0.872 bits per heavy atom. The van der Waals surface area contributed by atoms with Gasteiger partial charge in [-0.05, 0) is 69.0 Å². The van der Waals surface area contributed by atoms with Crippen molar-refractivity contribution >= 4 is 27.5 Å². The van der Waals surface area contributed by atoms with Crippen LogP contribution in [0.2, 0.25) is 0 Å². The first-order valence-electron chi connectivity index (χ1n) is 13.3. The summed E-state index contributed by atoms with van der Waals surface area (Å²) < 4.78 is 28.9. The van der Waals surface area contributed by atoms with Gasteiger partial charge < -0.3 is 10.2 Å². The molecule has 1 N–H and O–H groups in total. The molecule has 0 aliphatic rings. The maximum atomic E-state index is 13.9. The first-order valence-corrected chi connectivity index (χ1v) is 14.7. The zero-order chi connectivity index (χ0) is 28.7. The lowest BCUT2D eigenvalue weighted by Crippen LogP contribution is -2.51. The van der Waals surface area contributed by atoms with Gasteiger partial charge in [-0.15, -0.1) is 0 Å². The van der Waals surface area contributed by atoms with Crippen LogP contribution in [0.1, 0.15) is 55.9 Å². The molecule has 0 fully saturated rings. The van der Waals surface area contributed by atoms with Crippen LogP contribution in [0.4, 0.5) is 5.69 Å². The molecule has 0 radical (unpaired) electrons. The van der Waals surface area contributed by atoms with Crippen LogP contribution in [0.5, 0.6) is 0 Å². The maximum absolute atomic E-state index is 13.9. The molecule has 0 spiro atoms. The van der Waals surface area contributed by atoms with Crippen molar-refractivity contribution in [2.75, 3.05) is 17.4 Å². The van der Waals surface area contributed by atoms with Gasteiger partial charge in [-0.3, -0.25) is 13.9 Å². The van der Waals surface area contributed by atoms with E-state index in [4.69, 9.17) is 0 Å². The largest absolute Gasteiger partial charge is 0.355 e. The van der Waals surface area contributed by atoms with Crippen LogP contribution in [-0.4, -0.2) is 44.3 Å². The molecule has 0 aromatic heterocycles. The molecular weight excluding hydrogens is 510 g/mol. The highest BCUT2D eigenvalue weighted by atomic mass is 32.2. The van der Waals surface area contributed by atoms with E-state index in [0.717, 1.165) is 26.6 Å². The topological polar surface area (TPSA) is 86.8 Å². The summed E-state index contributed by atoms with van der Waals surface area (Å²) in [5.41, 5.74) is 4.25. The Hall–Kier alpha value is -3.65. The van der Waals surface area contributed by atoms with Gasteiger partial charge >= 0.3 is 0 Å². The fourth-order valence-corrected chi connectivity index (χ4v) is 5.72. The Kier molecular flexibility index (Phi) is 9.92. The number of carbonyl (C=O) groups excluding carboxylic acids is 2. The number of rotatable bonds is 11. The number of carbonyl (C=O) groups is 2. The summed E-state index contributed by atoms with van der Waals surface area (Å²) in [5.74, 6) is -0.503. The van der Waals surface area contributed by atoms with Crippen LogP contribution in [-0.2, 0) is 26.2 Å². The summed E-state index contributed by atoms with van der Waals surface area (Å²) in [7, 11) is -4.08. The van der Waals surface area contributed by atoms with Crippen molar-refractivity contribution in [1.82, 2.24) is 10.2 Å². The van der Waals surface area contributed by atoms with E-state index in [0.29, 0.717) is 12.2 Å². The average molecular weight is 550 g/mol. The lowest BCUT2D eigenvalue weighted by molar-refractivity contribution is -0.139. The molecular formula is C31H39N3O4S. The SMILES string of the molecule is CCNC(=O)C(C)N(Cc1cccc(C)c1)C(=O)CN(c1ccc(C(C)C)cc1)S(=O)(=O)c1ccc(C)cc1. The second-order valence-corrected chi connectivity index (χ2v) is 12.0. The molecule has 0 heterocycles. The van der Waals surface area contributed by atoms with Gasteiger partial charge in [0.1, 0.15) is 12.6 Å². The van der Waals surface area contributed by atoms with E-state index >= 15 is 0 Å². The summed E-state index contributed by atoms with van der Waals surface area (Å²) in [5, 5.41) is 2.78. The van der Waals surface area contributed by atoms with E-state index in [1.54, 1.807) is 43.3 Å². The summed E-state index contributed by atoms with van der Waals surface area (Å²) in [4.78, 5) is 28.3. The number of nitrogens with one attached hydrogen (secondary N) is 1. The van der Waals surface area contributed by atoms with E-state index in [1.165, 1.54) is 4.90 Å². The third-order valence-corrected chi connectivity index (χ3v) is 8.48. The lowest BCUT2D eigenvalue weighted by atomic mass is 10.0. The van der Waals surface area contributed by atoms with Gasteiger partial charge in [0.2, 0.25) is 11.8 Å². The van der Waals surface area contributed by atoms with Crippen molar-refractivity contribution in [2.45, 2.75) is 64.9 Å². The Morgan fingerprint density at radius 2 is 1.51 bits per heavy atom. The van der Waals surface area contributed by atoms with Gasteiger partial charge in [0.25, 0.3) is 10.0 Å². The molecule has 3 aromatic rings. The normalized spacial score (nSPS) is 12.2. The van der Waals surface area contributed by atoms with Crippen molar-refractivity contribution in [3.05, 3.63) is 95.1 Å². The third kappa shape index (κ3) is 7.47. The quantitative estimate of drug-likeness (QED) is 0.357. The fourth-order valence-electron chi connectivity index (χ4n) is 4.30. The van der Waals surface area contributed by atoms with E-state index in [9.17, 15) is 18.0 Å². The molecule has 0 saturated heterocycles. The number of benzene rings is 3. The summed E-state index contributed by atoms with van der Waals surface area (Å²) >= 11 is 0. The van der Waals surface area contributed by atoms with Crippen LogP contribution in [0.3, 0.4) is 0 Å². The summed E-state index contributed by atoms with van der Waals surface area (Å²) in [6.45, 7) is 11.6. The molecule has 0 bridgehead atoms. The smallest absolute Gasteiger partial charge is 0.264 e. The van der Waals surface area contributed by atoms with Crippen LogP contribution < -0.4 is 9.62 Å². The summed E-state index contributed by atoms with van der Waals surface area (Å²) in [6, 6.07) is 20.7. The highest BCUT2D eigenvalue weighted by Crippen LogP contribution is 2.27. The molecule has 3 aromatic carbocycles. The van der Waals surface area contributed by atoms with E-state index in [-0.39, 0.29) is 23.3 Å². The predicted octanol–water partition coefficient (Wildman–Crippen LogP) is 5.18. The van der Waals surface area contributed by atoms with Gasteiger partial charge in [0, 0.05) is 13.1 Å². The Morgan fingerprint density at radius 3 is 2.08 bits per heavy atom. The number of amides is 2. The van der Waals surface area contributed by atoms with Crippen molar-refractivity contribution in [2.24, 2.45) is 0 Å². The zero-order valence-corrected chi connectivity index (χ0v) is 24.5. The second kappa shape index (κ2) is 12.9. The molecule has 2 amide bonds. The Balaban J connectivity index is 2.04. The van der Waals surface area contributed by atoms with Crippen molar-refractivity contribution < 1.29 is 18.0 Å². The highest BCUT2D eigenvalue weighted by molar-refractivity contribution is 7.92. The molecule has 3 rings (SSSR count). The first kappa shape index (κ1) is 29.9. The van der Waals surface area contributed by atoms with Crippen LogP contribution >= 0.6 is 0 Å². The minimum absolute atomic E-state index is 0.0934. The molecule has 208 valence electrons. The first-order chi connectivity index (χ1) is 18.4. The van der Waals surface area contributed by atoms with Gasteiger partial charge in [-0.1, -0.05) is 73.5 Å². The minimum atomic E-state index is -4.08. The maximum Gasteiger partial charge on any atom is 0.264 e. The Labute approximate surface area is 232 Å².